The van der Waals surface area contributed by atoms with Gasteiger partial charge in [-0.2, -0.15) is 0 Å². The Morgan fingerprint density at radius 3 is 2.39 bits per heavy atom. The standard InChI is InChI=1S/C22H28ClO3P.Li.H/c1-4-6-13-25-17-11-12-20(19(15-17)26-14-7-5-2)27-22(24)21-16(3)9-8-10-18(21)23;;/h8-12,15,27H,4-7,13-14H2,1-3H3;;/q;+1;-1. The molecule has 0 saturated carbocycles. The summed E-state index contributed by atoms with van der Waals surface area (Å²) in [7, 11) is -0.0459. The summed E-state index contributed by atoms with van der Waals surface area (Å²) in [4.78, 5) is 12.9. The van der Waals surface area contributed by atoms with E-state index in [-0.39, 0.29) is 34.4 Å². The fraction of sp³-hybridized carbons (Fsp3) is 0.409. The van der Waals surface area contributed by atoms with E-state index < -0.39 is 0 Å². The Hall–Kier alpha value is -0.973. The topological polar surface area (TPSA) is 35.5 Å². The first-order valence-corrected chi connectivity index (χ1v) is 10.9. The molecule has 0 saturated heterocycles. The van der Waals surface area contributed by atoms with Gasteiger partial charge in [-0.15, -0.1) is 0 Å². The van der Waals surface area contributed by atoms with Crippen LogP contribution in [0.4, 0.5) is 0 Å². The van der Waals surface area contributed by atoms with Crippen molar-refractivity contribution in [1.82, 2.24) is 0 Å². The number of rotatable bonds is 11. The van der Waals surface area contributed by atoms with Crippen LogP contribution in [0.25, 0.3) is 0 Å². The van der Waals surface area contributed by atoms with Crippen LogP contribution >= 0.6 is 20.2 Å². The van der Waals surface area contributed by atoms with Gasteiger partial charge < -0.3 is 10.9 Å². The summed E-state index contributed by atoms with van der Waals surface area (Å²) in [5.74, 6) is 1.51. The molecule has 0 amide bonds. The van der Waals surface area contributed by atoms with Crippen molar-refractivity contribution in [2.24, 2.45) is 0 Å². The van der Waals surface area contributed by atoms with Crippen molar-refractivity contribution in [1.29, 1.82) is 0 Å². The molecule has 2 aromatic rings. The van der Waals surface area contributed by atoms with Crippen molar-refractivity contribution in [3.05, 3.63) is 52.5 Å². The summed E-state index contributed by atoms with van der Waals surface area (Å²) in [5.41, 5.74) is 1.52. The van der Waals surface area contributed by atoms with Crippen LogP contribution in [0.15, 0.2) is 36.4 Å². The number of carbonyl (C=O) groups excluding carboxylic acids is 1. The molecule has 148 valence electrons. The smallest absolute Gasteiger partial charge is 1.00 e. The Morgan fingerprint density at radius 2 is 1.75 bits per heavy atom. The molecule has 0 aromatic heterocycles. The number of hydrogen-bond acceptors (Lipinski definition) is 3. The van der Waals surface area contributed by atoms with Crippen molar-refractivity contribution < 1.29 is 34.6 Å². The van der Waals surface area contributed by atoms with E-state index in [1.807, 2.05) is 37.3 Å². The van der Waals surface area contributed by atoms with Crippen LogP contribution in [0.2, 0.25) is 5.02 Å². The Morgan fingerprint density at radius 1 is 1.07 bits per heavy atom. The molecule has 0 radical (unpaired) electrons. The van der Waals surface area contributed by atoms with Crippen LogP contribution in [-0.2, 0) is 0 Å². The normalized spacial score (nSPS) is 10.7. The van der Waals surface area contributed by atoms with Crippen molar-refractivity contribution in [2.75, 3.05) is 13.2 Å². The molecule has 0 N–H and O–H groups in total. The minimum atomic E-state index is -0.0459. The van der Waals surface area contributed by atoms with Gasteiger partial charge in [-0.05, 0) is 52.1 Å². The average molecular weight is 415 g/mol. The predicted octanol–water partition coefficient (Wildman–Crippen LogP) is 3.27. The maximum absolute atomic E-state index is 12.9. The quantitative estimate of drug-likeness (QED) is 0.321. The van der Waals surface area contributed by atoms with Crippen molar-refractivity contribution in [2.45, 2.75) is 46.5 Å². The molecule has 0 aliphatic carbocycles. The minimum Gasteiger partial charge on any atom is -1.00 e. The van der Waals surface area contributed by atoms with Gasteiger partial charge in [-0.3, -0.25) is 4.79 Å². The number of ether oxygens (including phenoxy) is 2. The molecular weight excluding hydrogens is 386 g/mol. The van der Waals surface area contributed by atoms with Gasteiger partial charge in [-0.1, -0.05) is 50.4 Å². The largest absolute Gasteiger partial charge is 1.00 e. The summed E-state index contributed by atoms with van der Waals surface area (Å²) in [6.07, 6.45) is 4.13. The number of hydrogen-bond donors (Lipinski definition) is 0. The second kappa shape index (κ2) is 13.3. The van der Waals surface area contributed by atoms with Crippen LogP contribution in [0.5, 0.6) is 11.5 Å². The molecule has 2 rings (SSSR count). The van der Waals surface area contributed by atoms with E-state index in [0.717, 1.165) is 48.1 Å². The minimum absolute atomic E-state index is 0. The number of aryl methyl sites for hydroxylation is 1. The van der Waals surface area contributed by atoms with Gasteiger partial charge in [0.1, 0.15) is 11.5 Å². The third kappa shape index (κ3) is 7.45. The predicted molar refractivity (Wildman–Crippen MR) is 117 cm³/mol. The fourth-order valence-corrected chi connectivity index (χ4v) is 4.10. The molecule has 0 aliphatic rings. The third-order valence-corrected chi connectivity index (χ3v) is 5.65. The Kier molecular flexibility index (Phi) is 11.9. The molecule has 0 fully saturated rings. The van der Waals surface area contributed by atoms with Crippen LogP contribution in [-0.4, -0.2) is 18.7 Å². The van der Waals surface area contributed by atoms with E-state index in [0.29, 0.717) is 23.8 Å². The number of halogens is 1. The second-order valence-corrected chi connectivity index (χ2v) is 8.10. The summed E-state index contributed by atoms with van der Waals surface area (Å²) in [6.45, 7) is 7.48. The Labute approximate surface area is 189 Å². The SMILES string of the molecule is CCCCOc1ccc(PC(=O)c2c(C)cccc2Cl)c(OCCCC)c1.[H-].[Li+]. The molecule has 3 nitrogen and oxygen atoms in total. The van der Waals surface area contributed by atoms with E-state index >= 15 is 0 Å². The van der Waals surface area contributed by atoms with Gasteiger partial charge >= 0.3 is 18.9 Å². The zero-order chi connectivity index (χ0) is 19.6. The van der Waals surface area contributed by atoms with Gasteiger partial charge in [0.05, 0.1) is 18.2 Å². The first-order valence-electron chi connectivity index (χ1n) is 9.52. The van der Waals surface area contributed by atoms with Gasteiger partial charge in [0.25, 0.3) is 0 Å². The van der Waals surface area contributed by atoms with E-state index in [9.17, 15) is 4.79 Å². The number of benzene rings is 2. The van der Waals surface area contributed by atoms with Crippen molar-refractivity contribution >= 4 is 31.0 Å². The van der Waals surface area contributed by atoms with Crippen LogP contribution in [0, 0.1) is 6.92 Å². The molecule has 1 atom stereocenters. The molecule has 2 aromatic carbocycles. The molecule has 0 spiro atoms. The van der Waals surface area contributed by atoms with Crippen LogP contribution in [0.1, 0.15) is 56.9 Å². The van der Waals surface area contributed by atoms with Crippen LogP contribution in [0.3, 0.4) is 0 Å². The summed E-state index contributed by atoms with van der Waals surface area (Å²) < 4.78 is 11.8. The molecule has 6 heteroatoms. The van der Waals surface area contributed by atoms with Gasteiger partial charge in [-0.25, -0.2) is 0 Å². The van der Waals surface area contributed by atoms with Gasteiger partial charge in [0.2, 0.25) is 0 Å². The second-order valence-electron chi connectivity index (χ2n) is 6.45. The molecule has 0 aliphatic heterocycles. The molecule has 28 heavy (non-hydrogen) atoms. The van der Waals surface area contributed by atoms with E-state index in [1.165, 1.54) is 0 Å². The zero-order valence-corrected chi connectivity index (χ0v) is 19.1. The molecular formula is C22H29ClLiO3P. The maximum atomic E-state index is 12.9. The number of carbonyl (C=O) groups is 1. The molecule has 0 heterocycles. The fourth-order valence-electron chi connectivity index (χ4n) is 2.58. The summed E-state index contributed by atoms with van der Waals surface area (Å²) in [6, 6.07) is 11.3. The first-order chi connectivity index (χ1) is 13.1. The summed E-state index contributed by atoms with van der Waals surface area (Å²) >= 11 is 6.26. The van der Waals surface area contributed by atoms with Gasteiger partial charge in [0, 0.05) is 16.9 Å². The zero-order valence-electron chi connectivity index (χ0n) is 18.3. The Bertz CT molecular complexity index is 753. The molecule has 0 bridgehead atoms. The molecule has 1 unspecified atom stereocenters. The third-order valence-electron chi connectivity index (χ3n) is 4.17. The van der Waals surface area contributed by atoms with Crippen molar-refractivity contribution in [3.8, 4) is 11.5 Å². The monoisotopic (exact) mass is 414 g/mol. The Balaban J connectivity index is 0.00000392. The average Bonchev–Trinajstić information content (AvgIpc) is 2.64. The van der Waals surface area contributed by atoms with E-state index in [1.54, 1.807) is 6.07 Å². The van der Waals surface area contributed by atoms with Crippen molar-refractivity contribution in [3.63, 3.8) is 0 Å². The van der Waals surface area contributed by atoms with Crippen LogP contribution < -0.4 is 33.6 Å². The van der Waals surface area contributed by atoms with Gasteiger partial charge in [0.15, 0.2) is 5.52 Å². The number of unbranched alkanes of at least 4 members (excludes halogenated alkanes) is 2. The first kappa shape index (κ1) is 25.1. The van der Waals surface area contributed by atoms with E-state index in [2.05, 4.69) is 13.8 Å². The summed E-state index contributed by atoms with van der Waals surface area (Å²) in [5, 5.41) is 1.39. The maximum Gasteiger partial charge on any atom is 1.00 e. The van der Waals surface area contributed by atoms with E-state index in [4.69, 9.17) is 21.1 Å².